The average molecular weight is 281 g/mol. The summed E-state index contributed by atoms with van der Waals surface area (Å²) >= 11 is 1.37. The maximum Gasteiger partial charge on any atom is 0.390 e. The van der Waals surface area contributed by atoms with Crippen LogP contribution in [0.1, 0.15) is 36.8 Å². The van der Waals surface area contributed by atoms with Crippen molar-refractivity contribution in [2.24, 2.45) is 5.73 Å². The molecule has 104 valence electrons. The topological polar surface area (TPSA) is 42.2 Å². The normalized spacial score (nSPS) is 12.2. The second kappa shape index (κ2) is 5.88. The molecule has 0 radical (unpaired) electrons. The first-order valence-electron chi connectivity index (χ1n) is 5.72. The Kier molecular flexibility index (Phi) is 4.98. The lowest BCUT2D eigenvalue weighted by molar-refractivity contribution is -0.132. The quantitative estimate of drug-likeness (QED) is 0.901. The lowest BCUT2D eigenvalue weighted by Gasteiger charge is -2.16. The molecule has 18 heavy (non-hydrogen) atoms. The molecule has 0 saturated carbocycles. The summed E-state index contributed by atoms with van der Waals surface area (Å²) in [7, 11) is 1.62. The van der Waals surface area contributed by atoms with Gasteiger partial charge in [0.25, 0.3) is 0 Å². The highest BCUT2D eigenvalue weighted by molar-refractivity contribution is 7.15. The summed E-state index contributed by atoms with van der Waals surface area (Å²) in [5, 5.41) is 0.600. The molecule has 1 rings (SSSR count). The van der Waals surface area contributed by atoms with Gasteiger partial charge in [-0.25, -0.2) is 4.98 Å². The van der Waals surface area contributed by atoms with Crippen LogP contribution in [-0.4, -0.2) is 24.8 Å². The molecule has 0 atom stereocenters. The molecule has 1 aromatic rings. The van der Waals surface area contributed by atoms with Gasteiger partial charge >= 0.3 is 6.18 Å². The summed E-state index contributed by atoms with van der Waals surface area (Å²) in [4.78, 5) is 6.85. The zero-order valence-electron chi connectivity index (χ0n) is 10.7. The van der Waals surface area contributed by atoms with Crippen LogP contribution in [0.3, 0.4) is 0 Å². The molecule has 0 saturated heterocycles. The predicted octanol–water partition coefficient (Wildman–Crippen LogP) is 3.11. The van der Waals surface area contributed by atoms with Gasteiger partial charge in [-0.1, -0.05) is 13.8 Å². The van der Waals surface area contributed by atoms with Crippen LogP contribution in [0.4, 0.5) is 18.3 Å². The molecular formula is C11H18F3N3S. The van der Waals surface area contributed by atoms with E-state index >= 15 is 0 Å². The van der Waals surface area contributed by atoms with Gasteiger partial charge in [-0.3, -0.25) is 0 Å². The Morgan fingerprint density at radius 2 is 2.00 bits per heavy atom. The summed E-state index contributed by atoms with van der Waals surface area (Å²) < 4.78 is 36.4. The summed E-state index contributed by atoms with van der Waals surface area (Å²) in [6, 6.07) is 0. The Bertz CT molecular complexity index is 387. The third-order valence-electron chi connectivity index (χ3n) is 2.51. The van der Waals surface area contributed by atoms with Crippen molar-refractivity contribution in [2.45, 2.75) is 38.9 Å². The SMILES string of the molecule is CC(C)c1nc(N(C)CCC(F)(F)F)sc1CN. The Hall–Kier alpha value is -0.820. The molecule has 7 heteroatoms. The second-order valence-corrected chi connectivity index (χ2v) is 5.51. The number of thiazole rings is 1. The predicted molar refractivity (Wildman–Crippen MR) is 68.0 cm³/mol. The molecule has 0 aliphatic heterocycles. The second-order valence-electron chi connectivity index (χ2n) is 4.45. The van der Waals surface area contributed by atoms with Crippen LogP contribution in [0, 0.1) is 0 Å². The molecule has 2 N–H and O–H groups in total. The van der Waals surface area contributed by atoms with Crippen molar-refractivity contribution < 1.29 is 13.2 Å². The highest BCUT2D eigenvalue weighted by Crippen LogP contribution is 2.30. The number of rotatable bonds is 5. The number of aromatic nitrogens is 1. The minimum Gasteiger partial charge on any atom is -0.351 e. The number of nitrogens with two attached hydrogens (primary N) is 1. The van der Waals surface area contributed by atoms with Crippen LogP contribution in [0.5, 0.6) is 0 Å². The third-order valence-corrected chi connectivity index (χ3v) is 3.71. The molecule has 0 spiro atoms. The van der Waals surface area contributed by atoms with Gasteiger partial charge in [-0.05, 0) is 5.92 Å². The fraction of sp³-hybridized carbons (Fsp3) is 0.727. The Balaban J connectivity index is 2.77. The Morgan fingerprint density at radius 1 is 1.39 bits per heavy atom. The van der Waals surface area contributed by atoms with E-state index in [1.165, 1.54) is 16.2 Å². The highest BCUT2D eigenvalue weighted by atomic mass is 32.1. The summed E-state index contributed by atoms with van der Waals surface area (Å²) in [6.07, 6.45) is -4.97. The standard InChI is InChI=1S/C11H18F3N3S/c1-7(2)9-8(6-15)18-10(16-9)17(3)5-4-11(12,13)14/h7H,4-6,15H2,1-3H3. The van der Waals surface area contributed by atoms with E-state index in [4.69, 9.17) is 5.73 Å². The van der Waals surface area contributed by atoms with Gasteiger partial charge in [0.15, 0.2) is 5.13 Å². The van der Waals surface area contributed by atoms with Crippen LogP contribution < -0.4 is 10.6 Å². The zero-order valence-corrected chi connectivity index (χ0v) is 11.5. The number of hydrogen-bond donors (Lipinski definition) is 1. The van der Waals surface area contributed by atoms with Gasteiger partial charge in [-0.2, -0.15) is 13.2 Å². The van der Waals surface area contributed by atoms with Gasteiger partial charge in [0.05, 0.1) is 12.1 Å². The molecule has 0 fully saturated rings. The smallest absolute Gasteiger partial charge is 0.351 e. The molecule has 0 unspecified atom stereocenters. The first-order valence-corrected chi connectivity index (χ1v) is 6.53. The van der Waals surface area contributed by atoms with E-state index in [-0.39, 0.29) is 12.5 Å². The van der Waals surface area contributed by atoms with E-state index in [1.54, 1.807) is 7.05 Å². The molecule has 0 aromatic carbocycles. The molecule has 0 aliphatic rings. The maximum absolute atomic E-state index is 12.1. The summed E-state index contributed by atoms with van der Waals surface area (Å²) in [6.45, 7) is 4.28. The van der Waals surface area contributed by atoms with Crippen LogP contribution in [0.15, 0.2) is 0 Å². The monoisotopic (exact) mass is 281 g/mol. The van der Waals surface area contributed by atoms with Gasteiger partial charge in [0, 0.05) is 25.0 Å². The molecular weight excluding hydrogens is 263 g/mol. The van der Waals surface area contributed by atoms with Gasteiger partial charge < -0.3 is 10.6 Å². The van der Waals surface area contributed by atoms with Crippen LogP contribution in [-0.2, 0) is 6.54 Å². The fourth-order valence-corrected chi connectivity index (χ4v) is 2.58. The minimum absolute atomic E-state index is 0.0848. The van der Waals surface area contributed by atoms with Crippen molar-refractivity contribution >= 4 is 16.5 Å². The van der Waals surface area contributed by atoms with E-state index in [9.17, 15) is 13.2 Å². The van der Waals surface area contributed by atoms with E-state index < -0.39 is 12.6 Å². The largest absolute Gasteiger partial charge is 0.390 e. The summed E-state index contributed by atoms with van der Waals surface area (Å²) in [5.74, 6) is 0.226. The highest BCUT2D eigenvalue weighted by Gasteiger charge is 2.28. The number of halogens is 3. The summed E-state index contributed by atoms with van der Waals surface area (Å²) in [5.41, 5.74) is 6.50. The first kappa shape index (κ1) is 15.2. The van der Waals surface area contributed by atoms with Crippen molar-refractivity contribution in [3.05, 3.63) is 10.6 Å². The van der Waals surface area contributed by atoms with Crippen LogP contribution in [0.25, 0.3) is 0 Å². The Labute approximate surface area is 109 Å². The van der Waals surface area contributed by atoms with E-state index in [0.29, 0.717) is 11.7 Å². The molecule has 0 aliphatic carbocycles. The number of alkyl halides is 3. The van der Waals surface area contributed by atoms with Gasteiger partial charge in [0.2, 0.25) is 0 Å². The molecule has 3 nitrogen and oxygen atoms in total. The minimum atomic E-state index is -4.14. The van der Waals surface area contributed by atoms with E-state index in [1.807, 2.05) is 13.8 Å². The first-order chi connectivity index (χ1) is 8.24. The molecule has 1 aromatic heterocycles. The number of hydrogen-bond acceptors (Lipinski definition) is 4. The van der Waals surface area contributed by atoms with Crippen molar-refractivity contribution in [3.63, 3.8) is 0 Å². The number of anilines is 1. The van der Waals surface area contributed by atoms with Crippen molar-refractivity contribution in [1.29, 1.82) is 0 Å². The lowest BCUT2D eigenvalue weighted by atomic mass is 10.1. The van der Waals surface area contributed by atoms with E-state index in [2.05, 4.69) is 4.98 Å². The number of nitrogens with zero attached hydrogens (tertiary/aromatic N) is 2. The Morgan fingerprint density at radius 3 is 2.39 bits per heavy atom. The molecule has 1 heterocycles. The van der Waals surface area contributed by atoms with Crippen LogP contribution >= 0.6 is 11.3 Å². The molecule has 0 bridgehead atoms. The van der Waals surface area contributed by atoms with Crippen LogP contribution in [0.2, 0.25) is 0 Å². The average Bonchev–Trinajstić information content (AvgIpc) is 2.68. The zero-order chi connectivity index (χ0) is 13.9. The van der Waals surface area contributed by atoms with Crippen molar-refractivity contribution in [2.75, 3.05) is 18.5 Å². The van der Waals surface area contributed by atoms with Crippen molar-refractivity contribution in [3.8, 4) is 0 Å². The third kappa shape index (κ3) is 4.13. The lowest BCUT2D eigenvalue weighted by Crippen LogP contribution is -2.23. The molecule has 0 amide bonds. The fourth-order valence-electron chi connectivity index (χ4n) is 1.50. The maximum atomic E-state index is 12.1. The van der Waals surface area contributed by atoms with Crippen molar-refractivity contribution in [1.82, 2.24) is 4.98 Å². The van der Waals surface area contributed by atoms with E-state index in [0.717, 1.165) is 10.6 Å². The van der Waals surface area contributed by atoms with Gasteiger partial charge in [-0.15, -0.1) is 11.3 Å². The van der Waals surface area contributed by atoms with Gasteiger partial charge in [0.1, 0.15) is 0 Å².